The van der Waals surface area contributed by atoms with Crippen LogP contribution in [0.3, 0.4) is 0 Å². The third-order valence-electron chi connectivity index (χ3n) is 5.78. The number of nitrogens with one attached hydrogen (secondary N) is 2. The predicted molar refractivity (Wildman–Crippen MR) is 141 cm³/mol. The van der Waals surface area contributed by atoms with Gasteiger partial charge in [0.2, 0.25) is 5.91 Å². The largest absolute Gasteiger partial charge is 0.370 e. The molecule has 1 fully saturated rings. The van der Waals surface area contributed by atoms with Gasteiger partial charge in [-0.1, -0.05) is 25.4 Å². The van der Waals surface area contributed by atoms with Gasteiger partial charge >= 0.3 is 0 Å². The van der Waals surface area contributed by atoms with Crippen LogP contribution in [0.4, 0.5) is 28.9 Å². The fraction of sp³-hybridized carbons (Fsp3) is 0.480. The van der Waals surface area contributed by atoms with Gasteiger partial charge in [0.05, 0.1) is 28.1 Å². The Kier molecular flexibility index (Phi) is 11.1. The fourth-order valence-corrected chi connectivity index (χ4v) is 5.09. The second-order valence-corrected chi connectivity index (χ2v) is 10.9. The van der Waals surface area contributed by atoms with Crippen molar-refractivity contribution >= 4 is 52.0 Å². The van der Waals surface area contributed by atoms with E-state index in [9.17, 15) is 31.9 Å². The summed E-state index contributed by atoms with van der Waals surface area (Å²) in [6, 6.07) is 5.48. The number of halogens is 5. The van der Waals surface area contributed by atoms with Crippen molar-refractivity contribution in [2.75, 3.05) is 49.6 Å². The van der Waals surface area contributed by atoms with Crippen LogP contribution in [0.1, 0.15) is 35.5 Å². The zero-order chi connectivity index (χ0) is 28.7. The van der Waals surface area contributed by atoms with Gasteiger partial charge in [-0.15, -0.1) is 11.3 Å². The molecule has 8 nitrogen and oxygen atoms in total. The second-order valence-electron chi connectivity index (χ2n) is 9.23. The van der Waals surface area contributed by atoms with E-state index in [0.29, 0.717) is 4.34 Å². The molecule has 3 rings (SSSR count). The zero-order valence-electron chi connectivity index (χ0n) is 21.3. The van der Waals surface area contributed by atoms with Gasteiger partial charge in [-0.05, 0) is 36.2 Å². The maximum absolute atomic E-state index is 13.9. The fourth-order valence-electron chi connectivity index (χ4n) is 4.13. The standard InChI is InChI=1S/C25H29ClF4N4O4S/c1-14(2)11-33(12-21(27)28)18(10-31-25(37)19-5-6-20(26)39-19)24(36)32-15-3-4-17(16(9-15)23(29)30)34-7-8-38-13-22(34)35/h3-6,9,14,18,21,23H,7-8,10-13H2,1-2H3,(H,31,37)(H,32,36)/t18-/m0/s1. The molecule has 2 N–H and O–H groups in total. The van der Waals surface area contributed by atoms with Crippen molar-refractivity contribution in [3.05, 3.63) is 45.1 Å². The van der Waals surface area contributed by atoms with Crippen LogP contribution >= 0.6 is 22.9 Å². The Morgan fingerprint density at radius 1 is 1.15 bits per heavy atom. The van der Waals surface area contributed by atoms with Crippen LogP contribution in [-0.2, 0) is 14.3 Å². The summed E-state index contributed by atoms with van der Waals surface area (Å²) in [6.45, 7) is 2.69. The summed E-state index contributed by atoms with van der Waals surface area (Å²) < 4.78 is 60.2. The van der Waals surface area contributed by atoms with Crippen molar-refractivity contribution < 1.29 is 36.7 Å². The molecular formula is C25H29ClF4N4O4S. The summed E-state index contributed by atoms with van der Waals surface area (Å²) >= 11 is 6.90. The van der Waals surface area contributed by atoms with E-state index in [0.717, 1.165) is 17.4 Å². The molecule has 0 saturated carbocycles. The monoisotopic (exact) mass is 592 g/mol. The lowest BCUT2D eigenvalue weighted by Crippen LogP contribution is -2.53. The van der Waals surface area contributed by atoms with Gasteiger partial charge in [-0.3, -0.25) is 19.3 Å². The molecule has 14 heteroatoms. The molecule has 0 radical (unpaired) electrons. The number of hydrogen-bond acceptors (Lipinski definition) is 6. The van der Waals surface area contributed by atoms with Crippen LogP contribution in [-0.4, -0.2) is 74.5 Å². The molecule has 214 valence electrons. The zero-order valence-corrected chi connectivity index (χ0v) is 22.8. The number of thiophene rings is 1. The highest BCUT2D eigenvalue weighted by Gasteiger charge is 2.31. The highest BCUT2D eigenvalue weighted by atomic mass is 35.5. The van der Waals surface area contributed by atoms with Gasteiger partial charge in [0.25, 0.3) is 24.7 Å². The quantitative estimate of drug-likeness (QED) is 0.350. The van der Waals surface area contributed by atoms with E-state index in [1.807, 2.05) is 0 Å². The summed E-state index contributed by atoms with van der Waals surface area (Å²) in [6.07, 6.45) is -5.72. The number of carbonyl (C=O) groups is 3. The Balaban J connectivity index is 1.85. The number of hydrogen-bond donors (Lipinski definition) is 2. The van der Waals surface area contributed by atoms with Crippen LogP contribution < -0.4 is 15.5 Å². The van der Waals surface area contributed by atoms with Gasteiger partial charge in [0.1, 0.15) is 12.6 Å². The molecule has 2 heterocycles. The minimum absolute atomic E-state index is 0.00569. The maximum atomic E-state index is 13.9. The highest BCUT2D eigenvalue weighted by molar-refractivity contribution is 7.18. The van der Waals surface area contributed by atoms with Gasteiger partial charge in [-0.2, -0.15) is 0 Å². The highest BCUT2D eigenvalue weighted by Crippen LogP contribution is 2.33. The van der Waals surface area contributed by atoms with Crippen molar-refractivity contribution in [2.45, 2.75) is 32.7 Å². The molecule has 39 heavy (non-hydrogen) atoms. The van der Waals surface area contributed by atoms with Gasteiger partial charge in [0, 0.05) is 30.9 Å². The van der Waals surface area contributed by atoms with Gasteiger partial charge < -0.3 is 20.3 Å². The van der Waals surface area contributed by atoms with Crippen LogP contribution in [0, 0.1) is 5.92 Å². The lowest BCUT2D eigenvalue weighted by Gasteiger charge is -2.32. The summed E-state index contributed by atoms with van der Waals surface area (Å²) in [5, 5.41) is 5.10. The topological polar surface area (TPSA) is 91.0 Å². The molecule has 0 unspecified atom stereocenters. The van der Waals surface area contributed by atoms with Crippen molar-refractivity contribution in [2.24, 2.45) is 5.92 Å². The molecule has 1 atom stereocenters. The molecule has 0 bridgehead atoms. The molecule has 2 aromatic rings. The third kappa shape index (κ3) is 8.62. The smallest absolute Gasteiger partial charge is 0.265 e. The van der Waals surface area contributed by atoms with Gasteiger partial charge in [0.15, 0.2) is 0 Å². The number of benzene rings is 1. The summed E-state index contributed by atoms with van der Waals surface area (Å²) in [4.78, 5) is 40.8. The number of alkyl halides is 4. The third-order valence-corrected chi connectivity index (χ3v) is 7.01. The number of morpholine rings is 1. The van der Waals surface area contributed by atoms with E-state index >= 15 is 0 Å². The minimum atomic E-state index is -2.96. The minimum Gasteiger partial charge on any atom is -0.370 e. The molecule has 3 amide bonds. The Morgan fingerprint density at radius 3 is 2.49 bits per heavy atom. The average molecular weight is 593 g/mol. The summed E-state index contributed by atoms with van der Waals surface area (Å²) in [7, 11) is 0. The predicted octanol–water partition coefficient (Wildman–Crippen LogP) is 4.66. The Hall–Kier alpha value is -2.74. The molecule has 0 spiro atoms. The first-order valence-electron chi connectivity index (χ1n) is 12.1. The maximum Gasteiger partial charge on any atom is 0.265 e. The van der Waals surface area contributed by atoms with Crippen LogP contribution in [0.15, 0.2) is 30.3 Å². The van der Waals surface area contributed by atoms with Crippen molar-refractivity contribution in [1.29, 1.82) is 0 Å². The first-order valence-corrected chi connectivity index (χ1v) is 13.3. The number of amides is 3. The SMILES string of the molecule is CC(C)CN(CC(F)F)[C@@H](CNC(=O)c1ccc(Cl)s1)C(=O)Nc1ccc(N2CCOCC2=O)c(C(F)F)c1. The lowest BCUT2D eigenvalue weighted by molar-refractivity contribution is -0.125. The second kappa shape index (κ2) is 14.1. The van der Waals surface area contributed by atoms with Crippen molar-refractivity contribution in [3.63, 3.8) is 0 Å². The van der Waals surface area contributed by atoms with E-state index < -0.39 is 48.7 Å². The van der Waals surface area contributed by atoms with Gasteiger partial charge in [-0.25, -0.2) is 17.6 Å². The van der Waals surface area contributed by atoms with E-state index in [1.54, 1.807) is 13.8 Å². The van der Waals surface area contributed by atoms with E-state index in [2.05, 4.69) is 10.6 Å². The number of carbonyl (C=O) groups excluding carboxylic acids is 3. The van der Waals surface area contributed by atoms with Crippen LogP contribution in [0.5, 0.6) is 0 Å². The molecule has 1 saturated heterocycles. The number of ether oxygens (including phenoxy) is 1. The number of nitrogens with zero attached hydrogens (tertiary/aromatic N) is 2. The van der Waals surface area contributed by atoms with E-state index in [1.165, 1.54) is 34.1 Å². The van der Waals surface area contributed by atoms with Crippen molar-refractivity contribution in [3.8, 4) is 0 Å². The summed E-state index contributed by atoms with van der Waals surface area (Å²) in [5.41, 5.74) is -0.495. The molecule has 1 aliphatic rings. The Bertz CT molecular complexity index is 1160. The molecule has 1 aromatic carbocycles. The van der Waals surface area contributed by atoms with Crippen molar-refractivity contribution in [1.82, 2.24) is 10.2 Å². The first kappa shape index (κ1) is 30.8. The molecule has 1 aromatic heterocycles. The molecule has 1 aliphatic heterocycles. The number of rotatable bonds is 12. The summed E-state index contributed by atoms with van der Waals surface area (Å²) in [5.74, 6) is -1.87. The Morgan fingerprint density at radius 2 is 1.90 bits per heavy atom. The van der Waals surface area contributed by atoms with Crippen LogP contribution in [0.25, 0.3) is 0 Å². The lowest BCUT2D eigenvalue weighted by atomic mass is 10.1. The van der Waals surface area contributed by atoms with E-state index in [-0.39, 0.29) is 55.0 Å². The van der Waals surface area contributed by atoms with Crippen LogP contribution in [0.2, 0.25) is 4.34 Å². The molecular weight excluding hydrogens is 564 g/mol. The normalized spacial score (nSPS) is 14.9. The van der Waals surface area contributed by atoms with E-state index in [4.69, 9.17) is 16.3 Å². The Labute approximate surface area is 232 Å². The first-order chi connectivity index (χ1) is 18.5. The average Bonchev–Trinajstić information content (AvgIpc) is 3.30. The number of anilines is 2. The molecule has 0 aliphatic carbocycles.